The molecular weight excluding hydrogens is 270 g/mol. The molecule has 0 aliphatic carbocycles. The van der Waals surface area contributed by atoms with Crippen LogP contribution in [0.3, 0.4) is 0 Å². The zero-order chi connectivity index (χ0) is 14.7. The zero-order valence-electron chi connectivity index (χ0n) is 11.8. The third-order valence-electron chi connectivity index (χ3n) is 3.02. The molecule has 110 valence electrons. The van der Waals surface area contributed by atoms with Crippen LogP contribution < -0.4 is 24.7 Å². The maximum Gasteiger partial charge on any atom is 0.165 e. The Hall–Kier alpha value is -2.56. The molecule has 2 aromatic carbocycles. The fourth-order valence-electron chi connectivity index (χ4n) is 2.10. The summed E-state index contributed by atoms with van der Waals surface area (Å²) in [6.07, 6.45) is 0. The normalized spacial score (nSPS) is 12.8. The molecule has 0 unspecified atom stereocenters. The molecule has 1 aliphatic heterocycles. The van der Waals surface area contributed by atoms with Crippen molar-refractivity contribution in [2.45, 2.75) is 6.92 Å². The van der Waals surface area contributed by atoms with Crippen LogP contribution in [0.25, 0.3) is 0 Å². The highest BCUT2D eigenvalue weighted by atomic mass is 16.6. The van der Waals surface area contributed by atoms with Gasteiger partial charge in [-0.1, -0.05) is 6.07 Å². The van der Waals surface area contributed by atoms with E-state index in [9.17, 15) is 0 Å². The first-order valence-corrected chi connectivity index (χ1v) is 6.86. The summed E-state index contributed by atoms with van der Waals surface area (Å²) in [6.45, 7) is 3.60. The van der Waals surface area contributed by atoms with E-state index in [4.69, 9.17) is 24.7 Å². The molecule has 0 aromatic heterocycles. The molecule has 2 N–H and O–H groups in total. The number of hydrogen-bond donors (Lipinski definition) is 1. The number of hydrogen-bond acceptors (Lipinski definition) is 5. The second-order valence-electron chi connectivity index (χ2n) is 4.54. The summed E-state index contributed by atoms with van der Waals surface area (Å²) >= 11 is 0. The van der Waals surface area contributed by atoms with Crippen LogP contribution >= 0.6 is 0 Å². The molecule has 0 atom stereocenters. The van der Waals surface area contributed by atoms with Crippen LogP contribution in [0.2, 0.25) is 0 Å². The number of ether oxygens (including phenoxy) is 4. The largest absolute Gasteiger partial charge is 0.494 e. The molecule has 0 amide bonds. The fraction of sp³-hybridized carbons (Fsp3) is 0.250. The minimum absolute atomic E-state index is 0.501. The second-order valence-corrected chi connectivity index (χ2v) is 4.54. The number of benzene rings is 2. The van der Waals surface area contributed by atoms with Gasteiger partial charge in [-0.2, -0.15) is 0 Å². The first kappa shape index (κ1) is 13.4. The van der Waals surface area contributed by atoms with Gasteiger partial charge in [0.2, 0.25) is 0 Å². The van der Waals surface area contributed by atoms with Gasteiger partial charge in [-0.25, -0.2) is 0 Å². The Morgan fingerprint density at radius 2 is 1.76 bits per heavy atom. The van der Waals surface area contributed by atoms with Gasteiger partial charge < -0.3 is 24.7 Å². The summed E-state index contributed by atoms with van der Waals surface area (Å²) in [5, 5.41) is 0. The lowest BCUT2D eigenvalue weighted by Gasteiger charge is -2.20. The molecule has 21 heavy (non-hydrogen) atoms. The second kappa shape index (κ2) is 5.83. The lowest BCUT2D eigenvalue weighted by molar-refractivity contribution is 0.171. The van der Waals surface area contributed by atoms with Gasteiger partial charge in [-0.05, 0) is 19.1 Å². The Morgan fingerprint density at radius 3 is 2.52 bits per heavy atom. The van der Waals surface area contributed by atoms with Crippen LogP contribution in [0.15, 0.2) is 36.4 Å². The van der Waals surface area contributed by atoms with Crippen molar-refractivity contribution in [2.24, 2.45) is 0 Å². The summed E-state index contributed by atoms with van der Waals surface area (Å²) in [5.41, 5.74) is 6.50. The molecule has 3 rings (SSSR count). The molecule has 0 spiro atoms. The Balaban J connectivity index is 1.85. The number of fused-ring (bicyclic) bond motifs is 1. The van der Waals surface area contributed by atoms with Crippen molar-refractivity contribution in [3.63, 3.8) is 0 Å². The fourth-order valence-corrected chi connectivity index (χ4v) is 2.10. The summed E-state index contributed by atoms with van der Waals surface area (Å²) < 4.78 is 22.3. The molecule has 2 aromatic rings. The number of nitrogen functional groups attached to an aromatic ring is 1. The minimum atomic E-state index is 0.501. The number of nitrogens with two attached hydrogens (primary N) is 1. The van der Waals surface area contributed by atoms with Crippen LogP contribution in [-0.4, -0.2) is 19.8 Å². The third kappa shape index (κ3) is 2.97. The highest BCUT2D eigenvalue weighted by molar-refractivity contribution is 5.63. The molecule has 0 saturated carbocycles. The average Bonchev–Trinajstić information content (AvgIpc) is 2.49. The monoisotopic (exact) mass is 287 g/mol. The van der Waals surface area contributed by atoms with Gasteiger partial charge in [0.05, 0.1) is 12.3 Å². The van der Waals surface area contributed by atoms with Gasteiger partial charge in [0.15, 0.2) is 17.2 Å². The lowest BCUT2D eigenvalue weighted by atomic mass is 10.2. The summed E-state index contributed by atoms with van der Waals surface area (Å²) in [5.74, 6) is 3.24. The summed E-state index contributed by atoms with van der Waals surface area (Å²) in [4.78, 5) is 0. The van der Waals surface area contributed by atoms with Crippen molar-refractivity contribution in [2.75, 3.05) is 25.6 Å². The molecule has 1 heterocycles. The van der Waals surface area contributed by atoms with Crippen molar-refractivity contribution in [1.82, 2.24) is 0 Å². The maximum absolute atomic E-state index is 6.00. The molecular formula is C16H17NO4. The summed E-state index contributed by atoms with van der Waals surface area (Å²) in [7, 11) is 0. The molecule has 0 bridgehead atoms. The first-order valence-electron chi connectivity index (χ1n) is 6.86. The highest BCUT2D eigenvalue weighted by Crippen LogP contribution is 2.40. The number of rotatable bonds is 4. The zero-order valence-corrected chi connectivity index (χ0v) is 11.8. The van der Waals surface area contributed by atoms with Crippen molar-refractivity contribution < 1.29 is 18.9 Å². The predicted octanol–water partition coefficient (Wildman–Crippen LogP) is 3.23. The van der Waals surface area contributed by atoms with E-state index in [0.717, 1.165) is 5.75 Å². The maximum atomic E-state index is 6.00. The molecule has 5 nitrogen and oxygen atoms in total. The molecule has 1 aliphatic rings. The van der Waals surface area contributed by atoms with Gasteiger partial charge in [0, 0.05) is 18.2 Å². The van der Waals surface area contributed by atoms with E-state index in [2.05, 4.69) is 0 Å². The van der Waals surface area contributed by atoms with Gasteiger partial charge in [0.25, 0.3) is 0 Å². The Kier molecular flexibility index (Phi) is 3.73. The first-order chi connectivity index (χ1) is 10.3. The van der Waals surface area contributed by atoms with Gasteiger partial charge in [-0.15, -0.1) is 0 Å². The Morgan fingerprint density at radius 1 is 1.05 bits per heavy atom. The average molecular weight is 287 g/mol. The van der Waals surface area contributed by atoms with Crippen LogP contribution in [0.5, 0.6) is 28.7 Å². The van der Waals surface area contributed by atoms with Crippen LogP contribution in [0.1, 0.15) is 6.92 Å². The van der Waals surface area contributed by atoms with Crippen molar-refractivity contribution >= 4 is 5.69 Å². The van der Waals surface area contributed by atoms with Crippen molar-refractivity contribution in [1.29, 1.82) is 0 Å². The molecule has 5 heteroatoms. The Labute approximate surface area is 123 Å². The smallest absolute Gasteiger partial charge is 0.165 e. The van der Waals surface area contributed by atoms with E-state index in [0.29, 0.717) is 48.5 Å². The van der Waals surface area contributed by atoms with Crippen molar-refractivity contribution in [3.05, 3.63) is 36.4 Å². The van der Waals surface area contributed by atoms with Crippen LogP contribution in [-0.2, 0) is 0 Å². The summed E-state index contributed by atoms with van der Waals surface area (Å²) in [6, 6.07) is 10.9. The van der Waals surface area contributed by atoms with Gasteiger partial charge in [0.1, 0.15) is 24.7 Å². The minimum Gasteiger partial charge on any atom is -0.494 e. The Bertz CT molecular complexity index is 642. The third-order valence-corrected chi connectivity index (χ3v) is 3.02. The SMILES string of the molecule is CCOc1cccc(Oc2cc3c(cc2N)OCCO3)c1. The van der Waals surface area contributed by atoms with E-state index in [-0.39, 0.29) is 0 Å². The highest BCUT2D eigenvalue weighted by Gasteiger charge is 2.16. The number of anilines is 1. The standard InChI is InChI=1S/C16H17NO4/c1-2-18-11-4-3-5-12(8-11)21-14-10-16-15(9-13(14)17)19-6-7-20-16/h3-5,8-10H,2,6-7,17H2,1H3. The van der Waals surface area contributed by atoms with Crippen LogP contribution in [0, 0.1) is 0 Å². The van der Waals surface area contributed by atoms with Gasteiger partial charge in [-0.3, -0.25) is 0 Å². The van der Waals surface area contributed by atoms with Gasteiger partial charge >= 0.3 is 0 Å². The quantitative estimate of drug-likeness (QED) is 0.875. The van der Waals surface area contributed by atoms with E-state index in [1.165, 1.54) is 0 Å². The molecule has 0 fully saturated rings. The van der Waals surface area contributed by atoms with E-state index < -0.39 is 0 Å². The van der Waals surface area contributed by atoms with Crippen molar-refractivity contribution in [3.8, 4) is 28.7 Å². The lowest BCUT2D eigenvalue weighted by Crippen LogP contribution is -2.15. The van der Waals surface area contributed by atoms with Crippen LogP contribution in [0.4, 0.5) is 5.69 Å². The topological polar surface area (TPSA) is 62.9 Å². The van der Waals surface area contributed by atoms with E-state index in [1.54, 1.807) is 12.1 Å². The molecule has 0 radical (unpaired) electrons. The van der Waals surface area contributed by atoms with E-state index in [1.807, 2.05) is 31.2 Å². The predicted molar refractivity (Wildman–Crippen MR) is 79.5 cm³/mol. The molecule has 0 saturated heterocycles. The van der Waals surface area contributed by atoms with E-state index >= 15 is 0 Å².